The highest BCUT2D eigenvalue weighted by molar-refractivity contribution is 6.55. The van der Waals surface area contributed by atoms with Gasteiger partial charge in [0.05, 0.1) is 12.5 Å². The molecule has 11 heteroatoms. The Balaban J connectivity index is 1.76. The number of carbonyl (C=O) groups excluding carboxylic acids is 1. The smallest absolute Gasteiger partial charge is 0.317 e. The van der Waals surface area contributed by atoms with Gasteiger partial charge in [-0.25, -0.2) is 4.98 Å². The van der Waals surface area contributed by atoms with Crippen molar-refractivity contribution in [2.45, 2.75) is 79.4 Å². The molecule has 0 saturated carbocycles. The SMILES string of the molecule is CCC(CC)Oc1nc(-c2ccc(-c3cnc(OCC(C)(C)C(=O)OC)cc3C)cn2)nn1COCC[Si](C)C. The summed E-state index contributed by atoms with van der Waals surface area (Å²) >= 11 is 0. The summed E-state index contributed by atoms with van der Waals surface area (Å²) < 4.78 is 24.3. The summed E-state index contributed by atoms with van der Waals surface area (Å²) in [6.45, 7) is 15.4. The van der Waals surface area contributed by atoms with Crippen molar-refractivity contribution in [3.8, 4) is 34.5 Å². The molecule has 10 nitrogen and oxygen atoms in total. The number of ether oxygens (including phenoxy) is 4. The lowest BCUT2D eigenvalue weighted by atomic mass is 9.95. The number of esters is 1. The van der Waals surface area contributed by atoms with E-state index in [1.165, 1.54) is 7.11 Å². The van der Waals surface area contributed by atoms with E-state index in [4.69, 9.17) is 18.9 Å². The molecule has 0 aliphatic heterocycles. The fraction of sp³-hybridized carbons (Fsp3) is 0.552. The highest BCUT2D eigenvalue weighted by atomic mass is 28.3. The van der Waals surface area contributed by atoms with Crippen LogP contribution in [-0.2, 0) is 21.0 Å². The van der Waals surface area contributed by atoms with Gasteiger partial charge in [-0.2, -0.15) is 9.67 Å². The van der Waals surface area contributed by atoms with Gasteiger partial charge >= 0.3 is 12.0 Å². The molecular weight excluding hydrogens is 526 g/mol. The lowest BCUT2D eigenvalue weighted by molar-refractivity contribution is -0.152. The minimum Gasteiger partial charge on any atom is -0.476 e. The van der Waals surface area contributed by atoms with Gasteiger partial charge in [0.1, 0.15) is 25.1 Å². The van der Waals surface area contributed by atoms with Crippen LogP contribution in [-0.4, -0.2) is 65.9 Å². The van der Waals surface area contributed by atoms with Crippen molar-refractivity contribution in [3.63, 3.8) is 0 Å². The maximum absolute atomic E-state index is 11.9. The summed E-state index contributed by atoms with van der Waals surface area (Å²) in [5.41, 5.74) is 2.67. The number of hydrogen-bond donors (Lipinski definition) is 0. The van der Waals surface area contributed by atoms with Crippen molar-refractivity contribution in [2.24, 2.45) is 5.41 Å². The quantitative estimate of drug-likeness (QED) is 0.132. The Bertz CT molecular complexity index is 1240. The third-order valence-electron chi connectivity index (χ3n) is 6.49. The fourth-order valence-corrected chi connectivity index (χ4v) is 4.38. The van der Waals surface area contributed by atoms with E-state index in [9.17, 15) is 4.79 Å². The van der Waals surface area contributed by atoms with Crippen LogP contribution in [0, 0.1) is 12.3 Å². The molecule has 3 heterocycles. The predicted octanol–water partition coefficient (Wildman–Crippen LogP) is 5.58. The van der Waals surface area contributed by atoms with Crippen LogP contribution in [0.15, 0.2) is 30.6 Å². The van der Waals surface area contributed by atoms with Crippen molar-refractivity contribution >= 4 is 14.8 Å². The number of rotatable bonds is 15. The maximum Gasteiger partial charge on any atom is 0.317 e. The molecule has 0 aliphatic carbocycles. The monoisotopic (exact) mass is 568 g/mol. The maximum atomic E-state index is 11.9. The molecule has 0 unspecified atom stereocenters. The fourth-order valence-electron chi connectivity index (χ4n) is 3.83. The van der Waals surface area contributed by atoms with E-state index in [1.807, 2.05) is 25.1 Å². The Labute approximate surface area is 239 Å². The van der Waals surface area contributed by atoms with Gasteiger partial charge in [-0.3, -0.25) is 9.78 Å². The first-order valence-electron chi connectivity index (χ1n) is 13.7. The van der Waals surface area contributed by atoms with E-state index in [0.717, 1.165) is 35.6 Å². The molecule has 0 atom stereocenters. The normalized spacial score (nSPS) is 11.8. The van der Waals surface area contributed by atoms with Crippen LogP contribution in [0.2, 0.25) is 19.1 Å². The number of pyridine rings is 2. The van der Waals surface area contributed by atoms with E-state index in [0.29, 0.717) is 30.0 Å². The lowest BCUT2D eigenvalue weighted by Gasteiger charge is -2.21. The molecule has 3 aromatic heterocycles. The van der Waals surface area contributed by atoms with Crippen molar-refractivity contribution in [1.29, 1.82) is 0 Å². The summed E-state index contributed by atoms with van der Waals surface area (Å²) in [6, 6.07) is 7.23. The van der Waals surface area contributed by atoms with Gasteiger partial charge in [0.2, 0.25) is 11.7 Å². The topological polar surface area (TPSA) is 110 Å². The van der Waals surface area contributed by atoms with Gasteiger partial charge in [0.15, 0.2) is 0 Å². The standard InChI is InChI=1S/C29H42N5O5Si/c1-9-22(10-2)39-28-32-26(33-34(28)19-37-13-14-40(7)8)24-12-11-21(16-30-24)23-17-31-25(15-20(23)3)38-18-29(4,5)27(35)36-6/h11-12,15-17,22H,9-10,13-14,18-19H2,1-8H3. The zero-order chi connectivity index (χ0) is 29.3. The average Bonchev–Trinajstić information content (AvgIpc) is 3.34. The molecule has 0 saturated heterocycles. The molecular formula is C29H42N5O5Si. The molecule has 3 rings (SSSR count). The minimum absolute atomic E-state index is 0.0567. The molecule has 0 N–H and O–H groups in total. The highest BCUT2D eigenvalue weighted by Crippen LogP contribution is 2.28. The molecule has 40 heavy (non-hydrogen) atoms. The van der Waals surface area contributed by atoms with E-state index >= 15 is 0 Å². The van der Waals surface area contributed by atoms with Crippen LogP contribution < -0.4 is 9.47 Å². The molecule has 0 aliphatic rings. The largest absolute Gasteiger partial charge is 0.476 e. The molecule has 3 aromatic rings. The van der Waals surface area contributed by atoms with Crippen LogP contribution in [0.1, 0.15) is 46.1 Å². The van der Waals surface area contributed by atoms with Crippen LogP contribution >= 0.6 is 0 Å². The summed E-state index contributed by atoms with van der Waals surface area (Å²) in [5.74, 6) is 0.596. The van der Waals surface area contributed by atoms with E-state index < -0.39 is 5.41 Å². The first-order chi connectivity index (χ1) is 19.1. The van der Waals surface area contributed by atoms with Crippen LogP contribution in [0.3, 0.4) is 0 Å². The van der Waals surface area contributed by atoms with Gasteiger partial charge in [-0.1, -0.05) is 33.0 Å². The Hall–Kier alpha value is -3.31. The van der Waals surface area contributed by atoms with Crippen molar-refractivity contribution in [1.82, 2.24) is 24.7 Å². The summed E-state index contributed by atoms with van der Waals surface area (Å²) in [4.78, 5) is 25.6. The van der Waals surface area contributed by atoms with Crippen molar-refractivity contribution in [2.75, 3.05) is 20.3 Å². The molecule has 0 aromatic carbocycles. The summed E-state index contributed by atoms with van der Waals surface area (Å²) in [7, 11) is 1.02. The second kappa shape index (κ2) is 14.4. The van der Waals surface area contributed by atoms with Crippen LogP contribution in [0.5, 0.6) is 11.9 Å². The van der Waals surface area contributed by atoms with Crippen molar-refractivity contribution in [3.05, 3.63) is 36.2 Å². The van der Waals surface area contributed by atoms with Crippen molar-refractivity contribution < 1.29 is 23.7 Å². The summed E-state index contributed by atoms with van der Waals surface area (Å²) in [5, 5.41) is 4.65. The molecule has 0 spiro atoms. The second-order valence-corrected chi connectivity index (χ2v) is 13.6. The minimum atomic E-state index is -0.774. The zero-order valence-corrected chi connectivity index (χ0v) is 26.0. The number of hydrogen-bond acceptors (Lipinski definition) is 9. The Morgan fingerprint density at radius 2 is 1.88 bits per heavy atom. The number of carbonyl (C=O) groups is 1. The third kappa shape index (κ3) is 8.34. The predicted molar refractivity (Wildman–Crippen MR) is 156 cm³/mol. The number of methoxy groups -OCH3 is 1. The molecule has 0 fully saturated rings. The lowest BCUT2D eigenvalue weighted by Crippen LogP contribution is -2.32. The van der Waals surface area contributed by atoms with E-state index in [-0.39, 0.29) is 34.2 Å². The van der Waals surface area contributed by atoms with Crippen LogP contribution in [0.25, 0.3) is 22.6 Å². The average molecular weight is 569 g/mol. The number of nitrogens with zero attached hydrogens (tertiary/aromatic N) is 5. The van der Waals surface area contributed by atoms with Gasteiger partial charge in [-0.15, -0.1) is 5.10 Å². The summed E-state index contributed by atoms with van der Waals surface area (Å²) in [6.07, 6.45) is 5.35. The van der Waals surface area contributed by atoms with Gasteiger partial charge in [0, 0.05) is 45.0 Å². The molecule has 217 valence electrons. The van der Waals surface area contributed by atoms with Gasteiger partial charge in [0.25, 0.3) is 0 Å². The Kier molecular flexibility index (Phi) is 11.2. The molecule has 0 amide bonds. The van der Waals surface area contributed by atoms with E-state index in [2.05, 4.69) is 47.0 Å². The van der Waals surface area contributed by atoms with Gasteiger partial charge in [-0.05, 0) is 51.3 Å². The second-order valence-electron chi connectivity index (χ2n) is 10.7. The van der Waals surface area contributed by atoms with E-state index in [1.54, 1.807) is 30.9 Å². The Morgan fingerprint density at radius 1 is 1.12 bits per heavy atom. The molecule has 0 bridgehead atoms. The zero-order valence-electron chi connectivity index (χ0n) is 25.0. The van der Waals surface area contributed by atoms with Crippen LogP contribution in [0.4, 0.5) is 0 Å². The number of aryl methyl sites for hydroxylation is 1. The first kappa shape index (κ1) is 31.2. The molecule has 1 radical (unpaired) electrons. The third-order valence-corrected chi connectivity index (χ3v) is 7.69. The number of aromatic nitrogens is 5. The Morgan fingerprint density at radius 3 is 2.48 bits per heavy atom. The highest BCUT2D eigenvalue weighted by Gasteiger charge is 2.30. The van der Waals surface area contributed by atoms with Gasteiger partial charge < -0.3 is 18.9 Å². The first-order valence-corrected chi connectivity index (χ1v) is 16.4.